The van der Waals surface area contributed by atoms with Gasteiger partial charge in [0.25, 0.3) is 5.88 Å². The molecule has 1 saturated carbocycles. The van der Waals surface area contributed by atoms with Gasteiger partial charge in [-0.25, -0.2) is 4.98 Å². The van der Waals surface area contributed by atoms with Gasteiger partial charge in [-0.3, -0.25) is 4.79 Å². The van der Waals surface area contributed by atoms with Crippen LogP contribution in [0.3, 0.4) is 0 Å². The number of aliphatic hydroxyl groups is 1. The van der Waals surface area contributed by atoms with Crippen molar-refractivity contribution in [2.45, 2.75) is 31.8 Å². The Labute approximate surface area is 100 Å². The Bertz CT molecular complexity index is 422. The van der Waals surface area contributed by atoms with Crippen molar-refractivity contribution in [3.63, 3.8) is 0 Å². The first kappa shape index (κ1) is 12.1. The second kappa shape index (κ2) is 5.31. The number of hydrogen-bond acceptors (Lipinski definition) is 4. The number of aliphatic hydroxyl groups excluding tert-OH is 1. The van der Waals surface area contributed by atoms with Crippen molar-refractivity contribution in [1.29, 1.82) is 0 Å². The topological polar surface area (TPSA) is 64.3 Å². The fraction of sp³-hybridized carbons (Fsp3) is 0.667. The van der Waals surface area contributed by atoms with Gasteiger partial charge >= 0.3 is 5.56 Å². The van der Waals surface area contributed by atoms with E-state index in [1.807, 2.05) is 0 Å². The molecule has 2 rings (SSSR count). The van der Waals surface area contributed by atoms with Gasteiger partial charge in [0, 0.05) is 26.0 Å². The minimum atomic E-state index is -0.197. The predicted molar refractivity (Wildman–Crippen MR) is 62.9 cm³/mol. The third-order valence-corrected chi connectivity index (χ3v) is 3.32. The van der Waals surface area contributed by atoms with Gasteiger partial charge in [-0.05, 0) is 31.6 Å². The largest absolute Gasteiger partial charge is 0.470 e. The summed E-state index contributed by atoms with van der Waals surface area (Å²) in [5, 5.41) is 9.04. The van der Waals surface area contributed by atoms with Crippen LogP contribution in [0.1, 0.15) is 25.7 Å². The molecule has 1 N–H and O–H groups in total. The normalized spacial score (nSPS) is 24.6. The number of nitrogens with zero attached hydrogens (tertiary/aromatic N) is 2. The summed E-state index contributed by atoms with van der Waals surface area (Å²) in [6.07, 6.45) is 6.90. The van der Waals surface area contributed by atoms with Crippen molar-refractivity contribution in [3.8, 4) is 5.88 Å². The molecule has 0 unspecified atom stereocenters. The van der Waals surface area contributed by atoms with Crippen LogP contribution in [-0.2, 0) is 7.05 Å². The Morgan fingerprint density at radius 1 is 1.47 bits per heavy atom. The van der Waals surface area contributed by atoms with Crippen LogP contribution in [0, 0.1) is 5.92 Å². The summed E-state index contributed by atoms with van der Waals surface area (Å²) >= 11 is 0. The van der Waals surface area contributed by atoms with Gasteiger partial charge in [-0.2, -0.15) is 0 Å². The quantitative estimate of drug-likeness (QED) is 0.842. The Morgan fingerprint density at radius 2 is 2.18 bits per heavy atom. The van der Waals surface area contributed by atoms with Crippen LogP contribution in [0.15, 0.2) is 17.2 Å². The average Bonchev–Trinajstić information content (AvgIpc) is 2.36. The van der Waals surface area contributed by atoms with Gasteiger partial charge in [-0.15, -0.1) is 0 Å². The molecule has 94 valence electrons. The van der Waals surface area contributed by atoms with Gasteiger partial charge in [0.05, 0.1) is 0 Å². The Morgan fingerprint density at radius 3 is 2.82 bits per heavy atom. The van der Waals surface area contributed by atoms with E-state index in [1.165, 1.54) is 4.57 Å². The Balaban J connectivity index is 1.98. The highest BCUT2D eigenvalue weighted by Crippen LogP contribution is 2.25. The molecule has 0 radical (unpaired) electrons. The highest BCUT2D eigenvalue weighted by atomic mass is 16.5. The maximum Gasteiger partial charge on any atom is 0.313 e. The van der Waals surface area contributed by atoms with E-state index in [4.69, 9.17) is 9.84 Å². The van der Waals surface area contributed by atoms with Crippen LogP contribution in [0.4, 0.5) is 0 Å². The molecule has 0 amide bonds. The summed E-state index contributed by atoms with van der Waals surface area (Å²) in [4.78, 5) is 15.7. The first-order valence-corrected chi connectivity index (χ1v) is 6.00. The molecule has 0 atom stereocenters. The number of hydrogen-bond donors (Lipinski definition) is 1. The van der Waals surface area contributed by atoms with Crippen molar-refractivity contribution < 1.29 is 9.84 Å². The van der Waals surface area contributed by atoms with E-state index in [-0.39, 0.29) is 24.2 Å². The van der Waals surface area contributed by atoms with Gasteiger partial charge in [0.15, 0.2) is 0 Å². The van der Waals surface area contributed by atoms with E-state index < -0.39 is 0 Å². The van der Waals surface area contributed by atoms with Crippen molar-refractivity contribution in [1.82, 2.24) is 9.55 Å². The summed E-state index contributed by atoms with van der Waals surface area (Å²) < 4.78 is 7.09. The lowest BCUT2D eigenvalue weighted by atomic mass is 9.88. The standard InChI is InChI=1S/C12H18N2O3/c1-14-7-6-13-11(12(14)16)17-10-4-2-9(8-15)3-5-10/h6-7,9-10,15H,2-5,8H2,1H3. The van der Waals surface area contributed by atoms with E-state index >= 15 is 0 Å². The third kappa shape index (κ3) is 2.85. The summed E-state index contributed by atoms with van der Waals surface area (Å²) in [6.45, 7) is 0.248. The van der Waals surface area contributed by atoms with Gasteiger partial charge < -0.3 is 14.4 Å². The lowest BCUT2D eigenvalue weighted by Crippen LogP contribution is -2.29. The molecule has 0 bridgehead atoms. The molecular weight excluding hydrogens is 220 g/mol. The summed E-state index contributed by atoms with van der Waals surface area (Å²) in [5.41, 5.74) is -0.197. The molecule has 1 heterocycles. The molecule has 17 heavy (non-hydrogen) atoms. The van der Waals surface area contributed by atoms with Crippen molar-refractivity contribution in [2.75, 3.05) is 6.61 Å². The minimum absolute atomic E-state index is 0.0559. The van der Waals surface area contributed by atoms with Crippen LogP contribution in [0.2, 0.25) is 0 Å². The molecule has 1 aliphatic rings. The lowest BCUT2D eigenvalue weighted by molar-refractivity contribution is 0.0988. The highest BCUT2D eigenvalue weighted by Gasteiger charge is 2.22. The number of aryl methyl sites for hydroxylation is 1. The zero-order valence-electron chi connectivity index (χ0n) is 10.0. The van der Waals surface area contributed by atoms with Gasteiger partial charge in [0.1, 0.15) is 6.10 Å². The molecule has 1 aliphatic carbocycles. The molecule has 0 aliphatic heterocycles. The number of aromatic nitrogens is 2. The summed E-state index contributed by atoms with van der Waals surface area (Å²) in [6, 6.07) is 0. The van der Waals surface area contributed by atoms with Crippen LogP contribution in [-0.4, -0.2) is 27.4 Å². The predicted octanol–water partition coefficient (Wildman–Crippen LogP) is 0.710. The number of rotatable bonds is 3. The van der Waals surface area contributed by atoms with Crippen LogP contribution < -0.4 is 10.3 Å². The average molecular weight is 238 g/mol. The van der Waals surface area contributed by atoms with Crippen LogP contribution in [0.5, 0.6) is 5.88 Å². The lowest BCUT2D eigenvalue weighted by Gasteiger charge is -2.27. The summed E-state index contributed by atoms with van der Waals surface area (Å²) in [5.74, 6) is 0.573. The fourth-order valence-electron chi connectivity index (χ4n) is 2.15. The molecule has 0 aromatic carbocycles. The molecule has 1 aromatic heterocycles. The van der Waals surface area contributed by atoms with E-state index in [0.717, 1.165) is 25.7 Å². The zero-order valence-corrected chi connectivity index (χ0v) is 10.0. The first-order valence-electron chi connectivity index (χ1n) is 6.00. The molecule has 1 fully saturated rings. The SMILES string of the molecule is Cn1ccnc(OC2CCC(CO)CC2)c1=O. The summed E-state index contributed by atoms with van der Waals surface area (Å²) in [7, 11) is 1.68. The van der Waals surface area contributed by atoms with Crippen molar-refractivity contribution >= 4 is 0 Å². The third-order valence-electron chi connectivity index (χ3n) is 3.32. The number of ether oxygens (including phenoxy) is 1. The van der Waals surface area contributed by atoms with Crippen LogP contribution in [0.25, 0.3) is 0 Å². The Hall–Kier alpha value is -1.36. The molecular formula is C12H18N2O3. The maximum absolute atomic E-state index is 11.7. The minimum Gasteiger partial charge on any atom is -0.470 e. The molecule has 5 nitrogen and oxygen atoms in total. The zero-order chi connectivity index (χ0) is 12.3. The highest BCUT2D eigenvalue weighted by molar-refractivity contribution is 5.04. The van der Waals surface area contributed by atoms with Crippen molar-refractivity contribution in [3.05, 3.63) is 22.7 Å². The second-order valence-corrected chi connectivity index (χ2v) is 4.59. The Kier molecular flexibility index (Phi) is 3.78. The van der Waals surface area contributed by atoms with Gasteiger partial charge in [-0.1, -0.05) is 0 Å². The van der Waals surface area contributed by atoms with E-state index in [1.54, 1.807) is 19.4 Å². The van der Waals surface area contributed by atoms with Crippen molar-refractivity contribution in [2.24, 2.45) is 13.0 Å². The van der Waals surface area contributed by atoms with E-state index in [0.29, 0.717) is 5.92 Å². The van der Waals surface area contributed by atoms with E-state index in [2.05, 4.69) is 4.98 Å². The van der Waals surface area contributed by atoms with E-state index in [9.17, 15) is 4.79 Å². The monoisotopic (exact) mass is 238 g/mol. The first-order chi connectivity index (χ1) is 8.20. The second-order valence-electron chi connectivity index (χ2n) is 4.59. The van der Waals surface area contributed by atoms with Gasteiger partial charge in [0.2, 0.25) is 0 Å². The molecule has 1 aromatic rings. The molecule has 0 saturated heterocycles. The van der Waals surface area contributed by atoms with Crippen LogP contribution >= 0.6 is 0 Å². The molecule has 0 spiro atoms. The smallest absolute Gasteiger partial charge is 0.313 e. The fourth-order valence-corrected chi connectivity index (χ4v) is 2.15. The maximum atomic E-state index is 11.7. The molecule has 5 heteroatoms.